The molecule has 0 radical (unpaired) electrons. The number of nitrogens with zero attached hydrogens (tertiary/aromatic N) is 1. The predicted octanol–water partition coefficient (Wildman–Crippen LogP) is 3.23. The van der Waals surface area contributed by atoms with Gasteiger partial charge in [-0.15, -0.1) is 0 Å². The van der Waals surface area contributed by atoms with E-state index >= 15 is 0 Å². The number of aryl methyl sites for hydroxylation is 2. The maximum Gasteiger partial charge on any atom is 0.491 e. The Morgan fingerprint density at radius 2 is 1.82 bits per heavy atom. The van der Waals surface area contributed by atoms with Crippen molar-refractivity contribution < 1.29 is 9.31 Å². The summed E-state index contributed by atoms with van der Waals surface area (Å²) in [7, 11) is -0.390. The average Bonchev–Trinajstić information content (AvgIpc) is 2.57. The highest BCUT2D eigenvalue weighted by molar-refractivity contribution is 7.80. The van der Waals surface area contributed by atoms with Crippen LogP contribution in [0.2, 0.25) is 0 Å². The zero-order valence-electron chi connectivity index (χ0n) is 14.2. The largest absolute Gasteiger partial charge is 0.491 e. The van der Waals surface area contributed by atoms with E-state index in [2.05, 4.69) is 23.7 Å². The quantitative estimate of drug-likeness (QED) is 0.663. The van der Waals surface area contributed by atoms with E-state index in [1.54, 1.807) is 0 Å². The van der Waals surface area contributed by atoms with Crippen molar-refractivity contribution in [1.82, 2.24) is 4.98 Å². The zero-order valence-corrected chi connectivity index (χ0v) is 15.1. The maximum absolute atomic E-state index is 6.11. The van der Waals surface area contributed by atoms with Crippen molar-refractivity contribution in [2.24, 2.45) is 0 Å². The third-order valence-corrected chi connectivity index (χ3v) is 4.91. The molecule has 1 aliphatic heterocycles. The lowest BCUT2D eigenvalue weighted by molar-refractivity contribution is 0.00578. The topological polar surface area (TPSA) is 57.4 Å². The van der Waals surface area contributed by atoms with Crippen LogP contribution in [0.5, 0.6) is 0 Å². The van der Waals surface area contributed by atoms with Gasteiger partial charge < -0.3 is 15.0 Å². The van der Waals surface area contributed by atoms with Crippen molar-refractivity contribution in [3.8, 4) is 0 Å². The Morgan fingerprint density at radius 3 is 2.27 bits per heavy atom. The highest BCUT2D eigenvalue weighted by Crippen LogP contribution is 2.39. The lowest BCUT2D eigenvalue weighted by atomic mass is 9.78. The zero-order chi connectivity index (χ0) is 16.7. The van der Waals surface area contributed by atoms with E-state index in [-0.39, 0.29) is 18.3 Å². The first-order valence-corrected chi connectivity index (χ1v) is 8.11. The van der Waals surface area contributed by atoms with Crippen LogP contribution in [0.4, 0.5) is 5.82 Å². The molecule has 0 saturated carbocycles. The van der Waals surface area contributed by atoms with Gasteiger partial charge in [-0.25, -0.2) is 4.98 Å². The number of aromatic nitrogens is 1. The summed E-state index contributed by atoms with van der Waals surface area (Å²) in [6, 6.07) is 1.87. The monoisotopic (exact) mass is 320 g/mol. The molecule has 1 fully saturated rings. The van der Waals surface area contributed by atoms with Crippen LogP contribution in [0.25, 0.3) is 6.08 Å². The molecular weight excluding hydrogens is 295 g/mol. The minimum Gasteiger partial charge on any atom is -0.400 e. The molecule has 0 amide bonds. The first kappa shape index (κ1) is 17.4. The van der Waals surface area contributed by atoms with Crippen molar-refractivity contribution in [3.63, 3.8) is 0 Å². The second kappa shape index (κ2) is 5.91. The van der Waals surface area contributed by atoms with Crippen molar-refractivity contribution in [3.05, 3.63) is 28.4 Å². The molecule has 1 aromatic rings. The van der Waals surface area contributed by atoms with Crippen LogP contribution in [0, 0.1) is 13.8 Å². The van der Waals surface area contributed by atoms with Gasteiger partial charge in [0.25, 0.3) is 0 Å². The van der Waals surface area contributed by atoms with Gasteiger partial charge in [-0.05, 0) is 64.2 Å². The molecule has 2 heterocycles. The Kier molecular flexibility index (Phi) is 4.67. The van der Waals surface area contributed by atoms with Crippen molar-refractivity contribution in [2.45, 2.75) is 52.7 Å². The number of hydrogen-bond acceptors (Lipinski definition) is 5. The molecule has 0 bridgehead atoms. The molecule has 0 aliphatic carbocycles. The van der Waals surface area contributed by atoms with Crippen molar-refractivity contribution in [1.29, 1.82) is 0 Å². The van der Waals surface area contributed by atoms with Crippen LogP contribution >= 0.6 is 12.6 Å². The van der Waals surface area contributed by atoms with Crippen LogP contribution in [0.15, 0.2) is 11.5 Å². The molecule has 4 nitrogen and oxygen atoms in total. The van der Waals surface area contributed by atoms with Gasteiger partial charge in [-0.2, -0.15) is 12.6 Å². The third kappa shape index (κ3) is 3.19. The molecule has 0 atom stereocenters. The predicted molar refractivity (Wildman–Crippen MR) is 96.0 cm³/mol. The molecule has 0 spiro atoms. The Balaban J connectivity index is 2.38. The lowest BCUT2D eigenvalue weighted by Gasteiger charge is -2.32. The summed E-state index contributed by atoms with van der Waals surface area (Å²) in [5.41, 5.74) is 9.09. The maximum atomic E-state index is 6.11. The summed E-state index contributed by atoms with van der Waals surface area (Å²) in [4.78, 5) is 4.33. The smallest absolute Gasteiger partial charge is 0.400 e. The molecule has 2 N–H and O–H groups in total. The number of rotatable bonds is 3. The number of anilines is 1. The number of hydrogen-bond donors (Lipinski definition) is 2. The molecule has 6 heteroatoms. The molecule has 0 aromatic carbocycles. The van der Waals surface area contributed by atoms with E-state index < -0.39 is 0 Å². The number of nitrogen functional groups attached to an aromatic ring is 1. The molecular formula is C16H25BN2O2S. The highest BCUT2D eigenvalue weighted by Gasteiger charge is 2.52. The summed E-state index contributed by atoms with van der Waals surface area (Å²) < 4.78 is 12.2. The van der Waals surface area contributed by atoms with Crippen molar-refractivity contribution in [2.75, 3.05) is 11.5 Å². The van der Waals surface area contributed by atoms with Crippen molar-refractivity contribution >= 4 is 31.6 Å². The molecule has 0 unspecified atom stereocenters. The molecule has 1 saturated heterocycles. The fourth-order valence-electron chi connectivity index (χ4n) is 2.46. The Morgan fingerprint density at radius 1 is 1.27 bits per heavy atom. The van der Waals surface area contributed by atoms with Gasteiger partial charge in [0.1, 0.15) is 5.82 Å². The third-order valence-electron chi connectivity index (χ3n) is 4.54. The number of pyridine rings is 1. The number of nitrogens with two attached hydrogens (primary N) is 1. The van der Waals surface area contributed by atoms with Gasteiger partial charge in [-0.1, -0.05) is 6.08 Å². The van der Waals surface area contributed by atoms with Gasteiger partial charge in [0.15, 0.2) is 0 Å². The van der Waals surface area contributed by atoms with E-state index in [1.807, 2.05) is 47.6 Å². The molecule has 2 rings (SSSR count). The minimum absolute atomic E-state index is 0.358. The Hall–Kier alpha value is -0.975. The Bertz CT molecular complexity index is 575. The van der Waals surface area contributed by atoms with Crippen LogP contribution in [0.1, 0.15) is 44.5 Å². The van der Waals surface area contributed by atoms with Crippen LogP contribution in [-0.4, -0.2) is 29.1 Å². The van der Waals surface area contributed by atoms with Gasteiger partial charge >= 0.3 is 7.12 Å². The van der Waals surface area contributed by atoms with E-state index in [9.17, 15) is 0 Å². The molecule has 22 heavy (non-hydrogen) atoms. The Labute approximate surface area is 139 Å². The molecule has 1 aromatic heterocycles. The lowest BCUT2D eigenvalue weighted by Crippen LogP contribution is -2.41. The van der Waals surface area contributed by atoms with Crippen LogP contribution in [-0.2, 0) is 9.31 Å². The molecule has 1 aliphatic rings. The summed E-state index contributed by atoms with van der Waals surface area (Å²) in [6.07, 6.45) is 2.06. The fourth-order valence-corrected chi connectivity index (χ4v) is 2.70. The number of thiol groups is 1. The van der Waals surface area contributed by atoms with E-state index in [1.165, 1.54) is 0 Å². The summed E-state index contributed by atoms with van der Waals surface area (Å²) in [6.45, 7) is 12.2. The summed E-state index contributed by atoms with van der Waals surface area (Å²) in [5, 5.41) is 0. The SMILES string of the molecule is Cc1cc(N)nc(C)c1C=C(CS)B1OC(C)(C)C(C)(C)O1. The van der Waals surface area contributed by atoms with Gasteiger partial charge in [0.2, 0.25) is 0 Å². The second-order valence-electron chi connectivity index (χ2n) is 6.83. The standard InChI is InChI=1S/C16H25BN2O2S/c1-10-7-14(18)19-11(2)13(10)8-12(9-22)17-20-15(3,4)16(5,6)21-17/h7-8,22H,9H2,1-6H3,(H2,18,19). The van der Waals surface area contributed by atoms with E-state index in [0.29, 0.717) is 11.6 Å². The van der Waals surface area contributed by atoms with Crippen LogP contribution in [0.3, 0.4) is 0 Å². The average molecular weight is 320 g/mol. The first-order chi connectivity index (χ1) is 10.1. The van der Waals surface area contributed by atoms with Crippen LogP contribution < -0.4 is 5.73 Å². The normalized spacial score (nSPS) is 20.5. The second-order valence-corrected chi connectivity index (χ2v) is 7.14. The van der Waals surface area contributed by atoms with E-state index in [4.69, 9.17) is 15.0 Å². The van der Waals surface area contributed by atoms with Gasteiger partial charge in [0.05, 0.1) is 11.2 Å². The van der Waals surface area contributed by atoms with E-state index in [0.717, 1.165) is 22.3 Å². The first-order valence-electron chi connectivity index (χ1n) is 7.48. The summed E-state index contributed by atoms with van der Waals surface area (Å²) in [5.74, 6) is 1.09. The molecule has 120 valence electrons. The summed E-state index contributed by atoms with van der Waals surface area (Å²) >= 11 is 4.45. The van der Waals surface area contributed by atoms with Gasteiger partial charge in [0, 0.05) is 11.4 Å². The van der Waals surface area contributed by atoms with Gasteiger partial charge in [-0.3, -0.25) is 0 Å². The highest BCUT2D eigenvalue weighted by atomic mass is 32.1. The fraction of sp³-hybridized carbons (Fsp3) is 0.562. The minimum atomic E-state index is -0.390.